The summed E-state index contributed by atoms with van der Waals surface area (Å²) in [5.41, 5.74) is 4.68. The number of hydrogen-bond acceptors (Lipinski definition) is 11. The van der Waals surface area contributed by atoms with Crippen molar-refractivity contribution in [1.82, 2.24) is 9.55 Å². The van der Waals surface area contributed by atoms with Crippen molar-refractivity contribution in [3.05, 3.63) is 22.7 Å². The van der Waals surface area contributed by atoms with E-state index in [9.17, 15) is 28.8 Å². The predicted octanol–water partition coefficient (Wildman–Crippen LogP) is -1.91. The maximum absolute atomic E-state index is 11.8. The molecule has 29 heavy (non-hydrogen) atoms. The van der Waals surface area contributed by atoms with E-state index in [1.807, 2.05) is 0 Å². The van der Waals surface area contributed by atoms with Crippen molar-refractivity contribution in [2.24, 2.45) is 0 Å². The highest BCUT2D eigenvalue weighted by Gasteiger charge is 2.40. The van der Waals surface area contributed by atoms with E-state index in [4.69, 9.17) is 25.2 Å². The van der Waals surface area contributed by atoms with Crippen LogP contribution in [0.4, 0.5) is 5.82 Å². The maximum atomic E-state index is 11.8. The fourth-order valence-corrected chi connectivity index (χ4v) is 6.69. The maximum Gasteiger partial charge on any atom is 0.488 e. The van der Waals surface area contributed by atoms with Crippen molar-refractivity contribution in [3.63, 3.8) is 0 Å². The zero-order valence-corrected chi connectivity index (χ0v) is 17.5. The van der Waals surface area contributed by atoms with Gasteiger partial charge in [0.1, 0.15) is 18.1 Å². The molecule has 0 saturated carbocycles. The van der Waals surface area contributed by atoms with Crippen LogP contribution in [0.2, 0.25) is 0 Å². The van der Waals surface area contributed by atoms with Crippen LogP contribution in [0.25, 0.3) is 0 Å². The minimum atomic E-state index is -5.63. The molecule has 0 aliphatic carbocycles. The third-order valence-corrected chi connectivity index (χ3v) is 8.38. The molecule has 7 N–H and O–H groups in total. The summed E-state index contributed by atoms with van der Waals surface area (Å²) in [6, 6.07) is 1.35. The Balaban J connectivity index is 1.99. The van der Waals surface area contributed by atoms with Crippen LogP contribution in [-0.4, -0.2) is 46.6 Å². The lowest BCUT2D eigenvalue weighted by molar-refractivity contribution is -0.195. The van der Waals surface area contributed by atoms with Crippen molar-refractivity contribution in [2.45, 2.75) is 31.5 Å². The molecule has 0 bridgehead atoms. The van der Waals surface area contributed by atoms with Crippen molar-refractivity contribution in [1.29, 1.82) is 0 Å². The summed E-state index contributed by atoms with van der Waals surface area (Å²) in [6.07, 6.45) is -2.00. The van der Waals surface area contributed by atoms with Crippen LogP contribution in [0, 0.1) is 0 Å². The van der Waals surface area contributed by atoms with Crippen molar-refractivity contribution >= 4 is 39.4 Å². The molecule has 2 rings (SSSR count). The molecule has 1 aromatic rings. The van der Waals surface area contributed by atoms with E-state index in [0.717, 1.165) is 4.57 Å². The van der Waals surface area contributed by atoms with Crippen LogP contribution < -0.4 is 16.3 Å². The van der Waals surface area contributed by atoms with E-state index >= 15 is 0 Å². The van der Waals surface area contributed by atoms with E-state index < -0.39 is 57.9 Å². The Morgan fingerprint density at radius 3 is 2.55 bits per heavy atom. The average Bonchev–Trinajstić information content (AvgIpc) is 2.98. The standard InChI is InChI=1S/C9H16N3O13P3S/c10-6-3-4-12(9(14)11-6)7-2-1-5(22-7)8(13)23-29-28(20,21)25-27(18,19)24-26(15,16)17/h3-5,7-8,13H,1-2H2,(H6-,10,11,14,15,16,17,18,19,20,21)/t5-,7+,8?/m0/s1. The van der Waals surface area contributed by atoms with E-state index in [1.165, 1.54) is 12.3 Å². The number of rotatable bonds is 8. The second kappa shape index (κ2) is 9.26. The molecular formula is C9H16N3O13P3S. The lowest BCUT2D eigenvalue weighted by Gasteiger charge is -2.18. The molecular weight excluding hydrogens is 483 g/mol. The number of nitrogens with zero attached hydrogens (tertiary/aromatic N) is 2. The van der Waals surface area contributed by atoms with Crippen LogP contribution in [0.5, 0.6) is 0 Å². The third kappa shape index (κ3) is 7.86. The summed E-state index contributed by atoms with van der Waals surface area (Å²) in [4.78, 5) is 62.3. The van der Waals surface area contributed by atoms with Crippen LogP contribution in [-0.2, 0) is 37.9 Å². The molecule has 1 aliphatic heterocycles. The number of anilines is 1. The smallest absolute Gasteiger partial charge is 0.488 e. The zero-order chi connectivity index (χ0) is 22.0. The summed E-state index contributed by atoms with van der Waals surface area (Å²) in [7, 11) is -11.1. The molecule has 1 saturated heterocycles. The van der Waals surface area contributed by atoms with Gasteiger partial charge in [-0.2, -0.15) is 9.29 Å². The minimum absolute atomic E-state index is 0.00293. The van der Waals surface area contributed by atoms with Gasteiger partial charge in [0, 0.05) is 6.20 Å². The minimum Gasteiger partial charge on any atom is -0.739 e. The Morgan fingerprint density at radius 1 is 1.31 bits per heavy atom. The molecule has 5 atom stereocenters. The first-order valence-electron chi connectivity index (χ1n) is 7.34. The Labute approximate surface area is 165 Å². The van der Waals surface area contributed by atoms with Gasteiger partial charge >= 0.3 is 39.3 Å². The predicted molar refractivity (Wildman–Crippen MR) is 93.7 cm³/mol. The third-order valence-electron chi connectivity index (χ3n) is 3.16. The Bertz CT molecular complexity index is 943. The topological polar surface area (TPSA) is 256 Å². The van der Waals surface area contributed by atoms with Gasteiger partial charge in [-0.3, -0.25) is 4.57 Å². The van der Waals surface area contributed by atoms with Crippen LogP contribution in [0.1, 0.15) is 19.1 Å². The molecule has 166 valence electrons. The van der Waals surface area contributed by atoms with Crippen LogP contribution in [0.15, 0.2) is 17.1 Å². The van der Waals surface area contributed by atoms with Gasteiger partial charge in [0.15, 0.2) is 0 Å². The normalized spacial score (nSPS) is 25.2. The summed E-state index contributed by atoms with van der Waals surface area (Å²) >= 11 is -0.475. The fraction of sp³-hybridized carbons (Fsp3) is 0.556. The van der Waals surface area contributed by atoms with Gasteiger partial charge in [-0.1, -0.05) is 4.18 Å². The average molecular weight is 499 g/mol. The van der Waals surface area contributed by atoms with Gasteiger partial charge in [0.05, 0.1) is 0 Å². The van der Waals surface area contributed by atoms with Crippen molar-refractivity contribution < 1.29 is 56.2 Å². The number of ether oxygens (including phenoxy) is 1. The molecule has 0 aromatic carbocycles. The summed E-state index contributed by atoms with van der Waals surface area (Å²) in [5.74, 6) is 0.00293. The molecule has 1 aliphatic rings. The van der Waals surface area contributed by atoms with E-state index in [-0.39, 0.29) is 18.7 Å². The molecule has 0 spiro atoms. The number of aromatic nitrogens is 2. The first kappa shape index (κ1) is 24.7. The largest absolute Gasteiger partial charge is 0.739 e. The highest BCUT2D eigenvalue weighted by molar-refractivity contribution is 8.14. The number of aliphatic hydroxyl groups excluding tert-OH is 1. The lowest BCUT2D eigenvalue weighted by atomic mass is 10.2. The van der Waals surface area contributed by atoms with Gasteiger partial charge < -0.3 is 40.0 Å². The molecule has 20 heteroatoms. The Morgan fingerprint density at radius 2 is 1.97 bits per heavy atom. The first-order chi connectivity index (χ1) is 13.2. The molecule has 16 nitrogen and oxygen atoms in total. The van der Waals surface area contributed by atoms with Gasteiger partial charge in [-0.25, -0.2) is 18.2 Å². The first-order valence-corrected chi connectivity index (χ1v) is 13.3. The van der Waals surface area contributed by atoms with Crippen LogP contribution >= 0.6 is 22.4 Å². The Hall–Kier alpha value is -0.610. The lowest BCUT2D eigenvalue weighted by Crippen LogP contribution is -2.31. The van der Waals surface area contributed by atoms with Gasteiger partial charge in [-0.05, 0) is 18.9 Å². The number of nitrogen functional groups attached to an aromatic ring is 1. The van der Waals surface area contributed by atoms with E-state index in [0.29, 0.717) is 0 Å². The van der Waals surface area contributed by atoms with E-state index in [2.05, 4.69) is 17.8 Å². The number of aliphatic hydroxyl groups is 1. The van der Waals surface area contributed by atoms with Gasteiger partial charge in [0.2, 0.25) is 6.29 Å². The van der Waals surface area contributed by atoms with Gasteiger partial charge in [0.25, 0.3) is 0 Å². The van der Waals surface area contributed by atoms with Crippen molar-refractivity contribution in [3.8, 4) is 0 Å². The van der Waals surface area contributed by atoms with E-state index in [1.54, 1.807) is 0 Å². The zero-order valence-electron chi connectivity index (χ0n) is 14.0. The highest BCUT2D eigenvalue weighted by atomic mass is 32.5. The second-order valence-corrected chi connectivity index (χ2v) is 11.7. The van der Waals surface area contributed by atoms with Gasteiger partial charge in [-0.15, -0.1) is 0 Å². The molecule has 0 amide bonds. The SMILES string of the molecule is Nc1ccn([C@H]2CC[C@@H](C(O)O[S+]=P([O-])(O)OP(=O)(O)OP(=O)(O)O)O2)c(=O)n1. The highest BCUT2D eigenvalue weighted by Crippen LogP contribution is 2.64. The number of hydrogen-bond donors (Lipinski definition) is 6. The van der Waals surface area contributed by atoms with Crippen LogP contribution in [0.3, 0.4) is 0 Å². The molecule has 1 fully saturated rings. The molecule has 3 unspecified atom stereocenters. The number of phosphoric acid groups is 2. The monoisotopic (exact) mass is 499 g/mol. The summed E-state index contributed by atoms with van der Waals surface area (Å²) < 4.78 is 40.1. The molecule has 2 heterocycles. The molecule has 1 aromatic heterocycles. The summed E-state index contributed by atoms with van der Waals surface area (Å²) in [5, 5.41) is 9.91. The quantitative estimate of drug-likeness (QED) is 0.0987. The second-order valence-electron chi connectivity index (χ2n) is 5.40. The summed E-state index contributed by atoms with van der Waals surface area (Å²) in [6.45, 7) is -5.16. The molecule has 0 radical (unpaired) electrons. The fourth-order valence-electron chi connectivity index (χ4n) is 2.16. The Kier molecular flexibility index (Phi) is 7.87. The number of nitrogens with two attached hydrogens (primary N) is 1. The van der Waals surface area contributed by atoms with Crippen molar-refractivity contribution in [2.75, 3.05) is 5.73 Å².